The molecule has 0 saturated carbocycles. The number of hydrogen-bond acceptors (Lipinski definition) is 3. The third-order valence-corrected chi connectivity index (χ3v) is 4.14. The molecule has 0 atom stereocenters. The first-order valence-corrected chi connectivity index (χ1v) is 6.35. The van der Waals surface area contributed by atoms with Crippen molar-refractivity contribution in [1.82, 2.24) is 4.98 Å². The zero-order valence-electron chi connectivity index (χ0n) is 8.73. The van der Waals surface area contributed by atoms with Gasteiger partial charge < -0.3 is 4.74 Å². The summed E-state index contributed by atoms with van der Waals surface area (Å²) in [6, 6.07) is 0. The topological polar surface area (TPSA) is 39.2 Å². The van der Waals surface area contributed by atoms with E-state index in [0.29, 0.717) is 16.8 Å². The SMILES string of the molecule is CCOC(=O)c1c(Br)nc(C)c(I)c1C. The first-order valence-electron chi connectivity index (χ1n) is 4.48. The molecule has 5 heteroatoms. The van der Waals surface area contributed by atoms with Crippen molar-refractivity contribution < 1.29 is 9.53 Å². The second kappa shape index (κ2) is 5.25. The highest BCUT2D eigenvalue weighted by Crippen LogP contribution is 2.25. The third-order valence-electron chi connectivity index (χ3n) is 1.97. The van der Waals surface area contributed by atoms with Crippen molar-refractivity contribution in [3.8, 4) is 0 Å². The Morgan fingerprint density at radius 1 is 1.53 bits per heavy atom. The Kier molecular flexibility index (Phi) is 4.51. The fraction of sp³-hybridized carbons (Fsp3) is 0.400. The summed E-state index contributed by atoms with van der Waals surface area (Å²) in [6.45, 7) is 5.96. The number of rotatable bonds is 2. The number of pyridine rings is 1. The van der Waals surface area contributed by atoms with Crippen LogP contribution in [0.5, 0.6) is 0 Å². The van der Waals surface area contributed by atoms with Gasteiger partial charge >= 0.3 is 5.97 Å². The average Bonchev–Trinajstić information content (AvgIpc) is 2.15. The van der Waals surface area contributed by atoms with E-state index in [1.807, 2.05) is 13.8 Å². The number of ether oxygens (including phenoxy) is 1. The predicted molar refractivity (Wildman–Crippen MR) is 70.1 cm³/mol. The molecular weight excluding hydrogens is 373 g/mol. The lowest BCUT2D eigenvalue weighted by Gasteiger charge is -2.10. The molecule has 15 heavy (non-hydrogen) atoms. The van der Waals surface area contributed by atoms with Gasteiger partial charge in [-0.15, -0.1) is 0 Å². The Morgan fingerprint density at radius 2 is 2.13 bits per heavy atom. The maximum Gasteiger partial charge on any atom is 0.341 e. The molecule has 0 fully saturated rings. The first-order chi connectivity index (χ1) is 6.99. The minimum absolute atomic E-state index is 0.327. The molecule has 0 aliphatic carbocycles. The Morgan fingerprint density at radius 3 is 2.67 bits per heavy atom. The van der Waals surface area contributed by atoms with Crippen LogP contribution in [0.4, 0.5) is 0 Å². The molecule has 1 rings (SSSR count). The zero-order valence-corrected chi connectivity index (χ0v) is 12.5. The lowest BCUT2D eigenvalue weighted by atomic mass is 10.1. The van der Waals surface area contributed by atoms with Crippen LogP contribution in [0.1, 0.15) is 28.5 Å². The molecule has 0 amide bonds. The number of hydrogen-bond donors (Lipinski definition) is 0. The van der Waals surface area contributed by atoms with Crippen LogP contribution in [0.25, 0.3) is 0 Å². The van der Waals surface area contributed by atoms with Crippen molar-refractivity contribution in [1.29, 1.82) is 0 Å². The Bertz CT molecular complexity index is 407. The van der Waals surface area contributed by atoms with Gasteiger partial charge in [-0.1, -0.05) is 0 Å². The molecular formula is C10H11BrINO2. The number of carbonyl (C=O) groups is 1. The number of aromatic nitrogens is 1. The van der Waals surface area contributed by atoms with Crippen molar-refractivity contribution in [2.24, 2.45) is 0 Å². The van der Waals surface area contributed by atoms with E-state index in [0.717, 1.165) is 14.8 Å². The molecule has 0 saturated heterocycles. The molecule has 0 N–H and O–H groups in total. The lowest BCUT2D eigenvalue weighted by molar-refractivity contribution is 0.0523. The Hall–Kier alpha value is -0.170. The maximum absolute atomic E-state index is 11.7. The number of nitrogens with zero attached hydrogens (tertiary/aromatic N) is 1. The molecule has 0 unspecified atom stereocenters. The fourth-order valence-electron chi connectivity index (χ4n) is 1.23. The molecule has 3 nitrogen and oxygen atoms in total. The maximum atomic E-state index is 11.7. The van der Waals surface area contributed by atoms with E-state index in [1.54, 1.807) is 6.92 Å². The standard InChI is InChI=1S/C10H11BrINO2/c1-4-15-10(14)7-5(2)8(12)6(3)13-9(7)11/h4H2,1-3H3. The van der Waals surface area contributed by atoms with E-state index < -0.39 is 0 Å². The summed E-state index contributed by atoms with van der Waals surface area (Å²) in [5.41, 5.74) is 2.34. The largest absolute Gasteiger partial charge is 0.462 e. The lowest BCUT2D eigenvalue weighted by Crippen LogP contribution is -2.11. The van der Waals surface area contributed by atoms with Crippen molar-refractivity contribution >= 4 is 44.5 Å². The van der Waals surface area contributed by atoms with Crippen molar-refractivity contribution in [3.63, 3.8) is 0 Å². The van der Waals surface area contributed by atoms with Gasteiger partial charge in [0.15, 0.2) is 0 Å². The van der Waals surface area contributed by atoms with Gasteiger partial charge in [0.25, 0.3) is 0 Å². The van der Waals surface area contributed by atoms with E-state index in [9.17, 15) is 4.79 Å². The van der Waals surface area contributed by atoms with Gasteiger partial charge in [-0.3, -0.25) is 0 Å². The van der Waals surface area contributed by atoms with Gasteiger partial charge in [0.1, 0.15) is 4.60 Å². The molecule has 0 spiro atoms. The van der Waals surface area contributed by atoms with Crippen LogP contribution in [0, 0.1) is 17.4 Å². The summed E-state index contributed by atoms with van der Waals surface area (Å²) in [7, 11) is 0. The molecule has 1 aromatic heterocycles. The van der Waals surface area contributed by atoms with Crippen LogP contribution in [0.15, 0.2) is 4.60 Å². The fourth-order valence-corrected chi connectivity index (χ4v) is 2.34. The average molecular weight is 384 g/mol. The summed E-state index contributed by atoms with van der Waals surface area (Å²) in [5, 5.41) is 0. The quantitative estimate of drug-likeness (QED) is 0.447. The molecule has 1 heterocycles. The predicted octanol–water partition coefficient (Wildman–Crippen LogP) is 3.24. The van der Waals surface area contributed by atoms with Gasteiger partial charge in [-0.25, -0.2) is 9.78 Å². The number of halogens is 2. The van der Waals surface area contributed by atoms with Crippen LogP contribution in [-0.2, 0) is 4.74 Å². The van der Waals surface area contributed by atoms with E-state index in [4.69, 9.17) is 4.74 Å². The summed E-state index contributed by atoms with van der Waals surface area (Å²) >= 11 is 5.47. The van der Waals surface area contributed by atoms with E-state index in [1.165, 1.54) is 0 Å². The Balaban J connectivity index is 3.29. The zero-order chi connectivity index (χ0) is 11.6. The minimum Gasteiger partial charge on any atom is -0.462 e. The van der Waals surface area contributed by atoms with Crippen molar-refractivity contribution in [2.45, 2.75) is 20.8 Å². The van der Waals surface area contributed by atoms with E-state index in [2.05, 4.69) is 43.5 Å². The van der Waals surface area contributed by atoms with Crippen LogP contribution < -0.4 is 0 Å². The van der Waals surface area contributed by atoms with Crippen LogP contribution in [-0.4, -0.2) is 17.6 Å². The molecule has 0 radical (unpaired) electrons. The number of aryl methyl sites for hydroxylation is 1. The van der Waals surface area contributed by atoms with E-state index in [-0.39, 0.29) is 5.97 Å². The summed E-state index contributed by atoms with van der Waals surface area (Å²) in [6.07, 6.45) is 0. The summed E-state index contributed by atoms with van der Waals surface area (Å²) < 4.78 is 6.52. The van der Waals surface area contributed by atoms with Gasteiger partial charge in [0.2, 0.25) is 0 Å². The van der Waals surface area contributed by atoms with Gasteiger partial charge in [-0.2, -0.15) is 0 Å². The molecule has 0 aromatic carbocycles. The third kappa shape index (κ3) is 2.69. The first kappa shape index (κ1) is 12.9. The smallest absolute Gasteiger partial charge is 0.341 e. The van der Waals surface area contributed by atoms with Gasteiger partial charge in [0, 0.05) is 3.57 Å². The highest BCUT2D eigenvalue weighted by atomic mass is 127. The second-order valence-electron chi connectivity index (χ2n) is 3.02. The van der Waals surface area contributed by atoms with Gasteiger partial charge in [0.05, 0.1) is 17.9 Å². The van der Waals surface area contributed by atoms with E-state index >= 15 is 0 Å². The second-order valence-corrected chi connectivity index (χ2v) is 4.85. The van der Waals surface area contributed by atoms with Gasteiger partial charge in [-0.05, 0) is 64.9 Å². The normalized spacial score (nSPS) is 10.2. The number of carbonyl (C=O) groups excluding carboxylic acids is 1. The molecule has 82 valence electrons. The monoisotopic (exact) mass is 383 g/mol. The highest BCUT2D eigenvalue weighted by molar-refractivity contribution is 14.1. The number of esters is 1. The van der Waals surface area contributed by atoms with Crippen molar-refractivity contribution in [2.75, 3.05) is 6.61 Å². The van der Waals surface area contributed by atoms with Crippen LogP contribution in [0.2, 0.25) is 0 Å². The molecule has 0 bridgehead atoms. The molecule has 0 aliphatic heterocycles. The van der Waals surface area contributed by atoms with Crippen LogP contribution >= 0.6 is 38.5 Å². The summed E-state index contributed by atoms with van der Waals surface area (Å²) in [4.78, 5) is 15.9. The highest BCUT2D eigenvalue weighted by Gasteiger charge is 2.18. The molecule has 1 aromatic rings. The minimum atomic E-state index is -0.327. The molecule has 0 aliphatic rings. The Labute approximate surface area is 111 Å². The summed E-state index contributed by atoms with van der Waals surface area (Å²) in [5.74, 6) is -0.327. The van der Waals surface area contributed by atoms with Crippen molar-refractivity contribution in [3.05, 3.63) is 25.0 Å². The van der Waals surface area contributed by atoms with Crippen LogP contribution in [0.3, 0.4) is 0 Å².